The summed E-state index contributed by atoms with van der Waals surface area (Å²) >= 11 is 0. The second kappa shape index (κ2) is 7.62. The van der Waals surface area contributed by atoms with Crippen LogP contribution in [0, 0.1) is 0 Å². The number of carbonyl (C=O) groups excluding carboxylic acids is 1. The Labute approximate surface area is 158 Å². The number of nitrogen functional groups attached to an aromatic ring is 2. The molecule has 0 heterocycles. The third kappa shape index (κ3) is 3.75. The molecule has 0 fully saturated rings. The van der Waals surface area contributed by atoms with Gasteiger partial charge in [-0.2, -0.15) is 0 Å². The summed E-state index contributed by atoms with van der Waals surface area (Å²) in [6.07, 6.45) is 3.33. The highest BCUT2D eigenvalue weighted by atomic mass is 16.5. The Balaban J connectivity index is 1.95. The van der Waals surface area contributed by atoms with Gasteiger partial charge in [0, 0.05) is 23.0 Å². The maximum atomic E-state index is 13.0. The van der Waals surface area contributed by atoms with Crippen molar-refractivity contribution in [2.45, 2.75) is 0 Å². The summed E-state index contributed by atoms with van der Waals surface area (Å²) in [6, 6.07) is 17.5. The minimum atomic E-state index is -0.177. The van der Waals surface area contributed by atoms with Crippen molar-refractivity contribution in [1.82, 2.24) is 0 Å². The molecule has 0 bridgehead atoms. The standard InChI is InChI=1S/C23H20N2O2/c1-3-15-9-10-17(13-20(15)24)23(26)19-7-5-6-8-22(19)27-18-12-11-16(4-2)21(25)14-18/h3-14H,1-2,24-25H2. The number of para-hydroxylation sites is 1. The van der Waals surface area contributed by atoms with Crippen LogP contribution < -0.4 is 16.2 Å². The minimum absolute atomic E-state index is 0.177. The number of carbonyl (C=O) groups is 1. The SMILES string of the molecule is C=Cc1ccc(Oc2ccccc2C(=O)c2ccc(C=C)c(N)c2)cc1N. The van der Waals surface area contributed by atoms with Crippen molar-refractivity contribution in [3.63, 3.8) is 0 Å². The first kappa shape index (κ1) is 18.0. The number of rotatable bonds is 6. The van der Waals surface area contributed by atoms with E-state index in [1.165, 1.54) is 0 Å². The van der Waals surface area contributed by atoms with Gasteiger partial charge in [0.15, 0.2) is 5.78 Å². The van der Waals surface area contributed by atoms with Crippen molar-refractivity contribution in [2.75, 3.05) is 11.5 Å². The zero-order chi connectivity index (χ0) is 19.4. The Morgan fingerprint density at radius 3 is 2.11 bits per heavy atom. The van der Waals surface area contributed by atoms with Crippen LogP contribution >= 0.6 is 0 Å². The molecule has 0 aliphatic heterocycles. The van der Waals surface area contributed by atoms with Crippen molar-refractivity contribution in [3.05, 3.63) is 96.1 Å². The fourth-order valence-corrected chi connectivity index (χ4v) is 2.73. The van der Waals surface area contributed by atoms with Crippen molar-refractivity contribution < 1.29 is 9.53 Å². The third-order valence-electron chi connectivity index (χ3n) is 4.21. The average molecular weight is 356 g/mol. The van der Waals surface area contributed by atoms with E-state index in [1.54, 1.807) is 60.7 Å². The molecule has 3 aromatic carbocycles. The third-order valence-corrected chi connectivity index (χ3v) is 4.21. The smallest absolute Gasteiger partial charge is 0.196 e. The number of hydrogen-bond donors (Lipinski definition) is 2. The first-order valence-corrected chi connectivity index (χ1v) is 8.39. The highest BCUT2D eigenvalue weighted by Gasteiger charge is 2.16. The molecule has 3 rings (SSSR count). The van der Waals surface area contributed by atoms with Gasteiger partial charge in [0.25, 0.3) is 0 Å². The summed E-state index contributed by atoms with van der Waals surface area (Å²) in [5.74, 6) is 0.808. The summed E-state index contributed by atoms with van der Waals surface area (Å²) in [6.45, 7) is 7.42. The molecule has 0 unspecified atom stereocenters. The minimum Gasteiger partial charge on any atom is -0.457 e. The lowest BCUT2D eigenvalue weighted by Crippen LogP contribution is -2.05. The van der Waals surface area contributed by atoms with E-state index < -0.39 is 0 Å². The van der Waals surface area contributed by atoms with Crippen molar-refractivity contribution >= 4 is 29.3 Å². The predicted octanol–water partition coefficient (Wildman–Crippen LogP) is 5.16. The number of benzene rings is 3. The summed E-state index contributed by atoms with van der Waals surface area (Å²) in [4.78, 5) is 13.0. The van der Waals surface area contributed by atoms with Gasteiger partial charge in [0.2, 0.25) is 0 Å². The molecule has 134 valence electrons. The molecule has 0 spiro atoms. The van der Waals surface area contributed by atoms with Gasteiger partial charge in [0.1, 0.15) is 11.5 Å². The molecular formula is C23H20N2O2. The normalized spacial score (nSPS) is 10.2. The zero-order valence-corrected chi connectivity index (χ0v) is 14.8. The van der Waals surface area contributed by atoms with Gasteiger partial charge in [0.05, 0.1) is 5.56 Å². The van der Waals surface area contributed by atoms with E-state index in [-0.39, 0.29) is 5.78 Å². The largest absolute Gasteiger partial charge is 0.457 e. The Hall–Kier alpha value is -3.79. The molecule has 4 nitrogen and oxygen atoms in total. The number of ether oxygens (including phenoxy) is 1. The molecule has 0 saturated carbocycles. The topological polar surface area (TPSA) is 78.3 Å². The quantitative estimate of drug-likeness (QED) is 0.472. The summed E-state index contributed by atoms with van der Waals surface area (Å²) in [5, 5.41) is 0. The van der Waals surface area contributed by atoms with E-state index >= 15 is 0 Å². The molecule has 3 aromatic rings. The average Bonchev–Trinajstić information content (AvgIpc) is 2.68. The Morgan fingerprint density at radius 2 is 1.48 bits per heavy atom. The summed E-state index contributed by atoms with van der Waals surface area (Å²) in [5.41, 5.74) is 15.5. The molecule has 0 aliphatic rings. The van der Waals surface area contributed by atoms with E-state index in [1.807, 2.05) is 12.1 Å². The van der Waals surface area contributed by atoms with Crippen molar-refractivity contribution in [3.8, 4) is 11.5 Å². The summed E-state index contributed by atoms with van der Waals surface area (Å²) in [7, 11) is 0. The molecule has 0 aromatic heterocycles. The van der Waals surface area contributed by atoms with Crippen LogP contribution in [0.1, 0.15) is 27.0 Å². The zero-order valence-electron chi connectivity index (χ0n) is 14.8. The first-order chi connectivity index (χ1) is 13.0. The van der Waals surface area contributed by atoms with Crippen LogP contribution in [-0.2, 0) is 0 Å². The Morgan fingerprint density at radius 1 is 0.852 bits per heavy atom. The number of nitrogens with two attached hydrogens (primary N) is 2. The molecule has 0 atom stereocenters. The van der Waals surface area contributed by atoms with Gasteiger partial charge >= 0.3 is 0 Å². The number of ketones is 1. The molecule has 0 radical (unpaired) electrons. The molecule has 4 N–H and O–H groups in total. The van der Waals surface area contributed by atoms with Gasteiger partial charge in [-0.05, 0) is 41.5 Å². The first-order valence-electron chi connectivity index (χ1n) is 8.39. The summed E-state index contributed by atoms with van der Waals surface area (Å²) < 4.78 is 5.93. The lowest BCUT2D eigenvalue weighted by Gasteiger charge is -2.12. The highest BCUT2D eigenvalue weighted by molar-refractivity contribution is 6.11. The van der Waals surface area contributed by atoms with Gasteiger partial charge in [-0.15, -0.1) is 0 Å². The van der Waals surface area contributed by atoms with Gasteiger partial charge in [-0.1, -0.05) is 49.6 Å². The van der Waals surface area contributed by atoms with Gasteiger partial charge in [-0.25, -0.2) is 0 Å². The van der Waals surface area contributed by atoms with E-state index in [9.17, 15) is 4.79 Å². The van der Waals surface area contributed by atoms with E-state index in [4.69, 9.17) is 16.2 Å². The number of anilines is 2. The van der Waals surface area contributed by atoms with Crippen LogP contribution in [0.3, 0.4) is 0 Å². The fourth-order valence-electron chi connectivity index (χ4n) is 2.73. The maximum Gasteiger partial charge on any atom is 0.196 e. The second-order valence-electron chi connectivity index (χ2n) is 5.97. The van der Waals surface area contributed by atoms with Crippen molar-refractivity contribution in [2.24, 2.45) is 0 Å². The monoisotopic (exact) mass is 356 g/mol. The molecular weight excluding hydrogens is 336 g/mol. The van der Waals surface area contributed by atoms with Crippen LogP contribution in [0.5, 0.6) is 11.5 Å². The molecule has 0 aliphatic carbocycles. The van der Waals surface area contributed by atoms with Crippen LogP contribution in [0.2, 0.25) is 0 Å². The molecule has 0 saturated heterocycles. The maximum absolute atomic E-state index is 13.0. The van der Waals surface area contributed by atoms with Gasteiger partial charge < -0.3 is 16.2 Å². The Bertz CT molecular complexity index is 1040. The fraction of sp³-hybridized carbons (Fsp3) is 0. The van der Waals surface area contributed by atoms with Crippen molar-refractivity contribution in [1.29, 1.82) is 0 Å². The second-order valence-corrected chi connectivity index (χ2v) is 5.97. The van der Waals surface area contributed by atoms with E-state index in [0.717, 1.165) is 11.1 Å². The van der Waals surface area contributed by atoms with Crippen LogP contribution in [0.15, 0.2) is 73.8 Å². The number of hydrogen-bond acceptors (Lipinski definition) is 4. The van der Waals surface area contributed by atoms with Crippen LogP contribution in [0.25, 0.3) is 12.2 Å². The lowest BCUT2D eigenvalue weighted by atomic mass is 10.00. The molecule has 27 heavy (non-hydrogen) atoms. The highest BCUT2D eigenvalue weighted by Crippen LogP contribution is 2.30. The van der Waals surface area contributed by atoms with E-state index in [0.29, 0.717) is 34.0 Å². The Kier molecular flexibility index (Phi) is 5.08. The lowest BCUT2D eigenvalue weighted by molar-refractivity contribution is 0.103. The molecule has 0 amide bonds. The van der Waals surface area contributed by atoms with Gasteiger partial charge in [-0.3, -0.25) is 4.79 Å². The van der Waals surface area contributed by atoms with E-state index in [2.05, 4.69) is 13.2 Å². The molecule has 4 heteroatoms. The van der Waals surface area contributed by atoms with Crippen LogP contribution in [-0.4, -0.2) is 5.78 Å². The van der Waals surface area contributed by atoms with Crippen LogP contribution in [0.4, 0.5) is 11.4 Å². The predicted molar refractivity (Wildman–Crippen MR) is 112 cm³/mol.